The van der Waals surface area contributed by atoms with Crippen molar-refractivity contribution in [2.24, 2.45) is 23.5 Å². The Balaban J connectivity index is 1.38. The van der Waals surface area contributed by atoms with Crippen molar-refractivity contribution in [1.29, 1.82) is 0 Å². The van der Waals surface area contributed by atoms with Gasteiger partial charge in [-0.2, -0.15) is 0 Å². The normalized spacial score (nSPS) is 35.0. The Morgan fingerprint density at radius 3 is 2.32 bits per heavy atom. The van der Waals surface area contributed by atoms with Crippen molar-refractivity contribution in [2.75, 3.05) is 13.1 Å². The van der Waals surface area contributed by atoms with E-state index in [1.54, 1.807) is 0 Å². The highest BCUT2D eigenvalue weighted by Crippen LogP contribution is 2.48. The van der Waals surface area contributed by atoms with Gasteiger partial charge in [0.05, 0.1) is 5.92 Å². The summed E-state index contributed by atoms with van der Waals surface area (Å²) in [4.78, 5) is 15.0. The molecule has 1 aromatic rings. The predicted octanol–water partition coefficient (Wildman–Crippen LogP) is 2.77. The first kappa shape index (κ1) is 14.3. The molecule has 4 rings (SSSR count). The molecule has 2 saturated carbocycles. The molecule has 2 N–H and O–H groups in total. The summed E-state index contributed by atoms with van der Waals surface area (Å²) in [6, 6.07) is 10.8. The van der Waals surface area contributed by atoms with Gasteiger partial charge in [0.15, 0.2) is 0 Å². The third kappa shape index (κ3) is 2.36. The van der Waals surface area contributed by atoms with Gasteiger partial charge >= 0.3 is 0 Å². The van der Waals surface area contributed by atoms with Crippen LogP contribution in [-0.2, 0) is 4.79 Å². The number of hydrogen-bond donors (Lipinski definition) is 1. The fourth-order valence-corrected chi connectivity index (χ4v) is 5.07. The number of fused-ring (bicyclic) bond motifs is 2. The average molecular weight is 298 g/mol. The van der Waals surface area contributed by atoms with Crippen LogP contribution in [0.3, 0.4) is 0 Å². The molecule has 1 heterocycles. The maximum absolute atomic E-state index is 12.9. The van der Waals surface area contributed by atoms with E-state index in [0.29, 0.717) is 23.7 Å². The number of carbonyl (C=O) groups excluding carboxylic acids is 1. The van der Waals surface area contributed by atoms with Crippen LogP contribution in [0.4, 0.5) is 0 Å². The Morgan fingerprint density at radius 1 is 1.00 bits per heavy atom. The molecule has 118 valence electrons. The molecule has 1 aliphatic heterocycles. The summed E-state index contributed by atoms with van der Waals surface area (Å²) in [6.07, 6.45) is 5.83. The van der Waals surface area contributed by atoms with Gasteiger partial charge in [0.1, 0.15) is 0 Å². The number of hydrogen-bond acceptors (Lipinski definition) is 2. The lowest BCUT2D eigenvalue weighted by Crippen LogP contribution is -2.49. The van der Waals surface area contributed by atoms with E-state index in [1.807, 2.05) is 0 Å². The number of carbonyl (C=O) groups is 1. The SMILES string of the molecule is NC1C2CCC(C2)C1C(=O)N1CCC(c2ccccc2)CC1. The van der Waals surface area contributed by atoms with Gasteiger partial charge < -0.3 is 10.6 Å². The zero-order valence-electron chi connectivity index (χ0n) is 13.2. The number of amides is 1. The highest BCUT2D eigenvalue weighted by atomic mass is 16.2. The summed E-state index contributed by atoms with van der Waals surface area (Å²) in [7, 11) is 0. The smallest absolute Gasteiger partial charge is 0.227 e. The molecule has 3 aliphatic rings. The molecule has 3 nitrogen and oxygen atoms in total. The number of likely N-dealkylation sites (tertiary alicyclic amines) is 1. The van der Waals surface area contributed by atoms with Gasteiger partial charge in [-0.15, -0.1) is 0 Å². The van der Waals surface area contributed by atoms with Crippen LogP contribution in [0.5, 0.6) is 0 Å². The highest BCUT2D eigenvalue weighted by molar-refractivity contribution is 5.80. The molecule has 4 atom stereocenters. The second-order valence-electron chi connectivity index (χ2n) is 7.45. The standard InChI is InChI=1S/C19H26N2O/c20-18-16-7-6-15(12-16)17(18)19(22)21-10-8-14(9-11-21)13-4-2-1-3-5-13/h1-5,14-18H,6-12,20H2. The van der Waals surface area contributed by atoms with Crippen LogP contribution in [0.25, 0.3) is 0 Å². The van der Waals surface area contributed by atoms with Crippen molar-refractivity contribution in [3.63, 3.8) is 0 Å². The van der Waals surface area contributed by atoms with Crippen LogP contribution < -0.4 is 5.73 Å². The van der Waals surface area contributed by atoms with Crippen LogP contribution >= 0.6 is 0 Å². The maximum Gasteiger partial charge on any atom is 0.227 e. The molecule has 3 heteroatoms. The summed E-state index contributed by atoms with van der Waals surface area (Å²) in [6.45, 7) is 1.80. The van der Waals surface area contributed by atoms with E-state index in [0.717, 1.165) is 25.9 Å². The molecule has 2 aliphatic carbocycles. The van der Waals surface area contributed by atoms with Crippen molar-refractivity contribution < 1.29 is 4.79 Å². The van der Waals surface area contributed by atoms with E-state index in [9.17, 15) is 4.79 Å². The maximum atomic E-state index is 12.9. The minimum atomic E-state index is 0.118. The summed E-state index contributed by atoms with van der Waals surface area (Å²) in [5, 5.41) is 0. The monoisotopic (exact) mass is 298 g/mol. The Bertz CT molecular complexity index is 534. The fraction of sp³-hybridized carbons (Fsp3) is 0.632. The largest absolute Gasteiger partial charge is 0.342 e. The molecule has 0 aromatic heterocycles. The summed E-state index contributed by atoms with van der Waals surface area (Å²) in [5.74, 6) is 2.26. The molecule has 22 heavy (non-hydrogen) atoms. The third-order valence-electron chi connectivity index (χ3n) is 6.34. The van der Waals surface area contributed by atoms with E-state index in [2.05, 4.69) is 35.2 Å². The second-order valence-corrected chi connectivity index (χ2v) is 7.45. The van der Waals surface area contributed by atoms with Crippen molar-refractivity contribution in [3.8, 4) is 0 Å². The van der Waals surface area contributed by atoms with Crippen molar-refractivity contribution in [1.82, 2.24) is 4.90 Å². The van der Waals surface area contributed by atoms with E-state index in [1.165, 1.54) is 24.8 Å². The van der Waals surface area contributed by atoms with Gasteiger partial charge in [0, 0.05) is 19.1 Å². The predicted molar refractivity (Wildman–Crippen MR) is 87.3 cm³/mol. The molecule has 0 radical (unpaired) electrons. The lowest BCUT2D eigenvalue weighted by molar-refractivity contribution is -0.138. The number of benzene rings is 1. The van der Waals surface area contributed by atoms with Crippen molar-refractivity contribution >= 4 is 5.91 Å². The first-order chi connectivity index (χ1) is 10.7. The highest BCUT2D eigenvalue weighted by Gasteiger charge is 2.50. The topological polar surface area (TPSA) is 46.3 Å². The molecule has 3 fully saturated rings. The second kappa shape index (κ2) is 5.69. The lowest BCUT2D eigenvalue weighted by atomic mass is 9.83. The van der Waals surface area contributed by atoms with Gasteiger partial charge in [0.2, 0.25) is 5.91 Å². The quantitative estimate of drug-likeness (QED) is 0.912. The number of nitrogens with zero attached hydrogens (tertiary/aromatic N) is 1. The van der Waals surface area contributed by atoms with E-state index in [-0.39, 0.29) is 12.0 Å². The minimum Gasteiger partial charge on any atom is -0.342 e. The van der Waals surface area contributed by atoms with Gasteiger partial charge in [0.25, 0.3) is 0 Å². The van der Waals surface area contributed by atoms with Crippen LogP contribution in [0, 0.1) is 17.8 Å². The van der Waals surface area contributed by atoms with Crippen LogP contribution in [-0.4, -0.2) is 29.9 Å². The lowest BCUT2D eigenvalue weighted by Gasteiger charge is -2.37. The summed E-state index contributed by atoms with van der Waals surface area (Å²) < 4.78 is 0. The number of nitrogens with two attached hydrogens (primary N) is 1. The number of rotatable bonds is 2. The van der Waals surface area contributed by atoms with Crippen LogP contribution in [0.2, 0.25) is 0 Å². The molecule has 4 unspecified atom stereocenters. The Labute approximate surface area is 132 Å². The Kier molecular flexibility index (Phi) is 3.69. The molecule has 1 amide bonds. The van der Waals surface area contributed by atoms with Crippen LogP contribution in [0.1, 0.15) is 43.6 Å². The van der Waals surface area contributed by atoms with E-state index in [4.69, 9.17) is 5.73 Å². The first-order valence-electron chi connectivity index (χ1n) is 8.83. The zero-order valence-corrected chi connectivity index (χ0v) is 13.2. The summed E-state index contributed by atoms with van der Waals surface area (Å²) >= 11 is 0. The average Bonchev–Trinajstić information content (AvgIpc) is 3.16. The third-order valence-corrected chi connectivity index (χ3v) is 6.34. The van der Waals surface area contributed by atoms with Crippen molar-refractivity contribution in [2.45, 2.75) is 44.1 Å². The van der Waals surface area contributed by atoms with Gasteiger partial charge in [-0.1, -0.05) is 30.3 Å². The Hall–Kier alpha value is -1.35. The summed E-state index contributed by atoms with van der Waals surface area (Å²) in [5.41, 5.74) is 7.77. The van der Waals surface area contributed by atoms with Crippen molar-refractivity contribution in [3.05, 3.63) is 35.9 Å². The molecule has 0 spiro atoms. The number of piperidine rings is 1. The molecular weight excluding hydrogens is 272 g/mol. The van der Waals surface area contributed by atoms with Crippen LogP contribution in [0.15, 0.2) is 30.3 Å². The zero-order chi connectivity index (χ0) is 15.1. The minimum absolute atomic E-state index is 0.118. The Morgan fingerprint density at radius 2 is 1.68 bits per heavy atom. The molecule has 1 aromatic carbocycles. The molecule has 1 saturated heterocycles. The molecular formula is C19H26N2O. The van der Waals surface area contributed by atoms with E-state index >= 15 is 0 Å². The first-order valence-corrected chi connectivity index (χ1v) is 8.83. The van der Waals surface area contributed by atoms with Gasteiger partial charge in [-0.3, -0.25) is 4.79 Å². The van der Waals surface area contributed by atoms with Gasteiger partial charge in [-0.05, 0) is 55.4 Å². The molecule has 2 bridgehead atoms. The van der Waals surface area contributed by atoms with E-state index < -0.39 is 0 Å². The fourth-order valence-electron chi connectivity index (χ4n) is 5.07. The van der Waals surface area contributed by atoms with Gasteiger partial charge in [-0.25, -0.2) is 0 Å².